The predicted octanol–water partition coefficient (Wildman–Crippen LogP) is 4.99. The molecule has 9 nitrogen and oxygen atoms in total. The van der Waals surface area contributed by atoms with Gasteiger partial charge in [0.05, 0.1) is 18.4 Å². The number of alkyl halides is 3. The summed E-state index contributed by atoms with van der Waals surface area (Å²) in [6.45, 7) is 1.30. The number of methoxy groups -OCH3 is 1. The van der Waals surface area contributed by atoms with Gasteiger partial charge in [0.2, 0.25) is 5.91 Å². The fourth-order valence-corrected chi connectivity index (χ4v) is 4.20. The molecule has 3 rings (SSSR count). The molecular formula is C26H20F3N3O6S. The molecule has 0 aliphatic heterocycles. The van der Waals surface area contributed by atoms with Crippen LogP contribution in [0.3, 0.4) is 0 Å². The molecule has 0 saturated heterocycles. The molecule has 39 heavy (non-hydrogen) atoms. The molecule has 0 spiro atoms. The zero-order valence-corrected chi connectivity index (χ0v) is 21.2. The Labute approximate surface area is 221 Å². The van der Waals surface area contributed by atoms with Gasteiger partial charge in [0, 0.05) is 12.6 Å². The van der Waals surface area contributed by atoms with Crippen molar-refractivity contribution in [1.29, 1.82) is 5.26 Å². The molecule has 0 atom stereocenters. The van der Waals surface area contributed by atoms with E-state index in [-0.39, 0.29) is 27.9 Å². The van der Waals surface area contributed by atoms with Crippen LogP contribution >= 0.6 is 0 Å². The second-order valence-electron chi connectivity index (χ2n) is 7.82. The number of nitriles is 1. The zero-order valence-electron chi connectivity index (χ0n) is 20.4. The van der Waals surface area contributed by atoms with Crippen LogP contribution in [-0.4, -0.2) is 27.3 Å². The van der Waals surface area contributed by atoms with Crippen LogP contribution in [0.2, 0.25) is 0 Å². The van der Waals surface area contributed by atoms with Crippen LogP contribution in [0.1, 0.15) is 18.1 Å². The van der Waals surface area contributed by atoms with Gasteiger partial charge in [0.15, 0.2) is 11.5 Å². The summed E-state index contributed by atoms with van der Waals surface area (Å²) < 4.78 is 75.8. The van der Waals surface area contributed by atoms with E-state index in [9.17, 15) is 36.4 Å². The average Bonchev–Trinajstić information content (AvgIpc) is 2.86. The molecule has 0 radical (unpaired) electrons. The van der Waals surface area contributed by atoms with E-state index in [2.05, 4.69) is 10.6 Å². The molecule has 2 N–H and O–H groups in total. The summed E-state index contributed by atoms with van der Waals surface area (Å²) in [5.41, 5.74) is -1.69. The Bertz CT molecular complexity index is 1580. The molecule has 3 aromatic carbocycles. The molecule has 0 fully saturated rings. The minimum absolute atomic E-state index is 0.00709. The highest BCUT2D eigenvalue weighted by molar-refractivity contribution is 7.87. The fraction of sp³-hybridized carbons (Fsp3) is 0.115. The molecule has 202 valence electrons. The smallest absolute Gasteiger partial charge is 0.418 e. The van der Waals surface area contributed by atoms with E-state index in [1.807, 2.05) is 0 Å². The first-order chi connectivity index (χ1) is 18.3. The maximum Gasteiger partial charge on any atom is 0.418 e. The van der Waals surface area contributed by atoms with Crippen molar-refractivity contribution in [2.45, 2.75) is 18.0 Å². The van der Waals surface area contributed by atoms with Crippen LogP contribution in [0, 0.1) is 11.3 Å². The molecule has 0 aliphatic carbocycles. The number of hydrogen-bond donors (Lipinski definition) is 2. The summed E-state index contributed by atoms with van der Waals surface area (Å²) in [6, 6.07) is 14.9. The Morgan fingerprint density at radius 2 is 1.64 bits per heavy atom. The summed E-state index contributed by atoms with van der Waals surface area (Å²) in [5, 5.41) is 14.0. The number of halogens is 3. The Kier molecular flexibility index (Phi) is 8.62. The van der Waals surface area contributed by atoms with E-state index in [0.29, 0.717) is 5.69 Å². The summed E-state index contributed by atoms with van der Waals surface area (Å²) in [7, 11) is -3.12. The molecular weight excluding hydrogens is 539 g/mol. The average molecular weight is 560 g/mol. The lowest BCUT2D eigenvalue weighted by atomic mass is 10.1. The zero-order chi connectivity index (χ0) is 28.8. The lowest BCUT2D eigenvalue weighted by Gasteiger charge is -2.13. The van der Waals surface area contributed by atoms with E-state index in [0.717, 1.165) is 24.3 Å². The van der Waals surface area contributed by atoms with Crippen LogP contribution in [0.5, 0.6) is 11.5 Å². The number of anilines is 2. The number of amides is 2. The normalized spacial score (nSPS) is 11.7. The highest BCUT2D eigenvalue weighted by atomic mass is 32.2. The van der Waals surface area contributed by atoms with Crippen LogP contribution in [0.4, 0.5) is 24.5 Å². The van der Waals surface area contributed by atoms with Gasteiger partial charge >= 0.3 is 16.3 Å². The maximum absolute atomic E-state index is 13.2. The topological polar surface area (TPSA) is 135 Å². The second kappa shape index (κ2) is 11.7. The first-order valence-electron chi connectivity index (χ1n) is 10.9. The Hall–Kier alpha value is -4.83. The van der Waals surface area contributed by atoms with Crippen LogP contribution in [0.25, 0.3) is 6.08 Å². The second-order valence-corrected chi connectivity index (χ2v) is 9.37. The minimum atomic E-state index is -4.74. The van der Waals surface area contributed by atoms with Gasteiger partial charge in [-0.2, -0.15) is 26.9 Å². The quantitative estimate of drug-likeness (QED) is 0.226. The number of carbonyl (C=O) groups is 2. The third-order valence-electron chi connectivity index (χ3n) is 5.01. The predicted molar refractivity (Wildman–Crippen MR) is 135 cm³/mol. The van der Waals surface area contributed by atoms with Crippen molar-refractivity contribution in [3.05, 3.63) is 83.4 Å². The van der Waals surface area contributed by atoms with E-state index >= 15 is 0 Å². The number of benzene rings is 3. The van der Waals surface area contributed by atoms with E-state index < -0.39 is 39.0 Å². The highest BCUT2D eigenvalue weighted by Gasteiger charge is 2.33. The Morgan fingerprint density at radius 3 is 2.23 bits per heavy atom. The van der Waals surface area contributed by atoms with E-state index in [4.69, 9.17) is 8.92 Å². The van der Waals surface area contributed by atoms with Crippen molar-refractivity contribution in [2.75, 3.05) is 17.7 Å². The third-order valence-corrected chi connectivity index (χ3v) is 6.26. The largest absolute Gasteiger partial charge is 0.493 e. The van der Waals surface area contributed by atoms with Gasteiger partial charge in [-0.25, -0.2) is 0 Å². The lowest BCUT2D eigenvalue weighted by Crippen LogP contribution is -2.17. The SMILES string of the molecule is COc1ccc(/C=C(\C#N)C(=O)Nc2ccccc2C(F)(F)F)cc1OS(=O)(=O)c1ccc(NC(C)=O)cc1. The van der Waals surface area contributed by atoms with Crippen LogP contribution in [-0.2, 0) is 25.9 Å². The van der Waals surface area contributed by atoms with Gasteiger partial charge in [0.1, 0.15) is 16.5 Å². The summed E-state index contributed by atoms with van der Waals surface area (Å²) in [6.07, 6.45) is -3.69. The number of rotatable bonds is 8. The van der Waals surface area contributed by atoms with Gasteiger partial charge in [-0.05, 0) is 60.2 Å². The number of ether oxygens (including phenoxy) is 1. The highest BCUT2D eigenvalue weighted by Crippen LogP contribution is 2.35. The third kappa shape index (κ3) is 7.36. The molecule has 13 heteroatoms. The van der Waals surface area contributed by atoms with E-state index in [1.165, 1.54) is 62.6 Å². The molecule has 3 aromatic rings. The van der Waals surface area contributed by atoms with Gasteiger partial charge in [0.25, 0.3) is 5.91 Å². The standard InChI is InChI=1S/C26H20F3N3O6S/c1-16(33)31-19-8-10-20(11-9-19)39(35,36)38-24-14-17(7-12-23(24)37-2)13-18(15-30)25(34)32-22-6-4-3-5-21(22)26(27,28)29/h3-14H,1-2H3,(H,31,33)(H,32,34)/b18-13+. The first kappa shape index (κ1) is 28.7. The molecule has 0 aromatic heterocycles. The molecule has 0 aliphatic rings. The van der Waals surface area contributed by atoms with E-state index in [1.54, 1.807) is 6.07 Å². The van der Waals surface area contributed by atoms with Gasteiger partial charge in [-0.3, -0.25) is 9.59 Å². The minimum Gasteiger partial charge on any atom is -0.493 e. The first-order valence-corrected chi connectivity index (χ1v) is 12.3. The molecule has 0 unspecified atom stereocenters. The number of para-hydroxylation sites is 1. The van der Waals surface area contributed by atoms with Crippen molar-refractivity contribution < 1.29 is 40.1 Å². The van der Waals surface area contributed by atoms with Crippen molar-refractivity contribution in [2.24, 2.45) is 0 Å². The van der Waals surface area contributed by atoms with Gasteiger partial charge in [-0.15, -0.1) is 0 Å². The Balaban J connectivity index is 1.89. The number of nitrogens with zero attached hydrogens (tertiary/aromatic N) is 1. The fourth-order valence-electron chi connectivity index (χ4n) is 3.27. The number of hydrogen-bond acceptors (Lipinski definition) is 7. The van der Waals surface area contributed by atoms with Crippen molar-refractivity contribution >= 4 is 39.4 Å². The van der Waals surface area contributed by atoms with Gasteiger partial charge in [-0.1, -0.05) is 18.2 Å². The molecule has 0 saturated carbocycles. The number of carbonyl (C=O) groups excluding carboxylic acids is 2. The summed E-state index contributed by atoms with van der Waals surface area (Å²) >= 11 is 0. The summed E-state index contributed by atoms with van der Waals surface area (Å²) in [5.74, 6) is -1.73. The number of nitrogens with one attached hydrogen (secondary N) is 2. The lowest BCUT2D eigenvalue weighted by molar-refractivity contribution is -0.137. The molecule has 0 heterocycles. The summed E-state index contributed by atoms with van der Waals surface area (Å²) in [4.78, 5) is 23.5. The van der Waals surface area contributed by atoms with Crippen LogP contribution in [0.15, 0.2) is 77.2 Å². The van der Waals surface area contributed by atoms with Gasteiger partial charge < -0.3 is 19.6 Å². The monoisotopic (exact) mass is 559 g/mol. The maximum atomic E-state index is 13.2. The molecule has 2 amide bonds. The Morgan fingerprint density at radius 1 is 0.974 bits per heavy atom. The molecule has 0 bridgehead atoms. The van der Waals surface area contributed by atoms with Crippen molar-refractivity contribution in [1.82, 2.24) is 0 Å². The van der Waals surface area contributed by atoms with Crippen molar-refractivity contribution in [3.63, 3.8) is 0 Å². The van der Waals surface area contributed by atoms with Crippen molar-refractivity contribution in [3.8, 4) is 17.6 Å². The van der Waals surface area contributed by atoms with Crippen LogP contribution < -0.4 is 19.6 Å².